The lowest BCUT2D eigenvalue weighted by Gasteiger charge is -2.10. The van der Waals surface area contributed by atoms with Gasteiger partial charge in [0.1, 0.15) is 16.8 Å². The van der Waals surface area contributed by atoms with E-state index < -0.39 is 15.6 Å². The zero-order valence-electron chi connectivity index (χ0n) is 12.3. The lowest BCUT2D eigenvalue weighted by molar-refractivity contribution is -0.0517. The largest absolute Gasteiger partial charge is 0.741 e. The van der Waals surface area contributed by atoms with E-state index in [2.05, 4.69) is 24.3 Å². The molecule has 1 saturated heterocycles. The summed E-state index contributed by atoms with van der Waals surface area (Å²) in [6.07, 6.45) is 2.50. The first-order valence-electron chi connectivity index (χ1n) is 7.00. The number of aromatic hydroxyl groups is 1. The van der Waals surface area contributed by atoms with Crippen molar-refractivity contribution in [1.29, 1.82) is 0 Å². The van der Waals surface area contributed by atoms with E-state index in [0.717, 1.165) is 5.56 Å². The average molecular weight is 380 g/mol. The van der Waals surface area contributed by atoms with Crippen molar-refractivity contribution < 1.29 is 31.2 Å². The number of fused-ring (bicyclic) bond motifs is 1. The van der Waals surface area contributed by atoms with Gasteiger partial charge in [-0.25, -0.2) is 8.42 Å². The van der Waals surface area contributed by atoms with Crippen LogP contribution in [0.3, 0.4) is 0 Å². The number of alkyl halides is 3. The Morgan fingerprint density at radius 2 is 1.79 bits per heavy atom. The summed E-state index contributed by atoms with van der Waals surface area (Å²) in [6.45, 7) is 0. The van der Waals surface area contributed by atoms with Crippen molar-refractivity contribution in [2.75, 3.05) is 5.75 Å². The molecule has 24 heavy (non-hydrogen) atoms. The molecule has 0 spiro atoms. The van der Waals surface area contributed by atoms with Gasteiger partial charge in [-0.15, -0.1) is 0 Å². The smallest absolute Gasteiger partial charge is 0.485 e. The summed E-state index contributed by atoms with van der Waals surface area (Å²) in [5, 5.41) is 13.1. The van der Waals surface area contributed by atoms with Crippen molar-refractivity contribution in [2.45, 2.75) is 23.6 Å². The highest BCUT2D eigenvalue weighted by molar-refractivity contribution is 7.86. The maximum Gasteiger partial charge on any atom is 0.485 e. The third-order valence-electron chi connectivity index (χ3n) is 3.55. The van der Waals surface area contributed by atoms with E-state index in [1.165, 1.54) is 41.1 Å². The van der Waals surface area contributed by atoms with Crippen LogP contribution < -0.4 is 0 Å². The second kappa shape index (κ2) is 7.20. The van der Waals surface area contributed by atoms with Crippen molar-refractivity contribution in [3.8, 4) is 5.75 Å². The lowest BCUT2D eigenvalue weighted by atomic mass is 9.99. The molecule has 9 heteroatoms. The number of phenolic OH excluding ortho intramolecular Hbond substituents is 1. The Balaban J connectivity index is 0.000000224. The minimum atomic E-state index is -6.09. The summed E-state index contributed by atoms with van der Waals surface area (Å²) < 4.78 is 58.9. The van der Waals surface area contributed by atoms with Gasteiger partial charge in [0, 0.05) is 6.42 Å². The molecule has 0 aromatic heterocycles. The standard InChI is InChI=1S/C14H14OS.CHF3O3S/c15-12-8-7-10-4-1-2-5-11(10)14(12)13-6-3-9-16-13;2-1(3,4)8(5,6)7/h1-2,4-5,7-8,13,15H,3,6,9H2;(H,5,6,7). The van der Waals surface area contributed by atoms with E-state index in [1.807, 2.05) is 12.1 Å². The van der Waals surface area contributed by atoms with Gasteiger partial charge >= 0.3 is 5.51 Å². The number of hydrogen-bond acceptors (Lipinski definition) is 4. The molecule has 2 aromatic rings. The zero-order valence-corrected chi connectivity index (χ0v) is 14.0. The van der Waals surface area contributed by atoms with Crippen molar-refractivity contribution in [1.82, 2.24) is 0 Å². The van der Waals surface area contributed by atoms with Gasteiger partial charge < -0.3 is 9.66 Å². The Morgan fingerprint density at radius 1 is 1.17 bits per heavy atom. The van der Waals surface area contributed by atoms with Gasteiger partial charge in [-0.1, -0.05) is 30.3 Å². The van der Waals surface area contributed by atoms with Crippen molar-refractivity contribution in [3.63, 3.8) is 0 Å². The van der Waals surface area contributed by atoms with Crippen LogP contribution in [-0.2, 0) is 21.9 Å². The van der Waals surface area contributed by atoms with Gasteiger partial charge in [0.05, 0.1) is 5.56 Å². The minimum absolute atomic E-state index is 0.470. The zero-order chi connectivity index (χ0) is 18.0. The van der Waals surface area contributed by atoms with Crippen molar-refractivity contribution in [2.24, 2.45) is 0 Å². The van der Waals surface area contributed by atoms with E-state index in [4.69, 9.17) is 13.0 Å². The number of phenols is 1. The van der Waals surface area contributed by atoms with E-state index in [0.29, 0.717) is 11.0 Å². The Hall–Kier alpha value is -1.45. The molecule has 1 atom stereocenters. The first-order chi connectivity index (χ1) is 11.1. The fraction of sp³-hybridized carbons (Fsp3) is 0.333. The first-order valence-corrected chi connectivity index (χ1v) is 9.56. The predicted octanol–water partition coefficient (Wildman–Crippen LogP) is 3.25. The Bertz CT molecular complexity index is 813. The lowest BCUT2D eigenvalue weighted by Crippen LogP contribution is -2.21. The van der Waals surface area contributed by atoms with Crippen LogP contribution in [-0.4, -0.2) is 29.3 Å². The topological polar surface area (TPSA) is 77.4 Å². The van der Waals surface area contributed by atoms with Crippen LogP contribution in [0.5, 0.6) is 5.75 Å². The van der Waals surface area contributed by atoms with Crippen LogP contribution in [0.15, 0.2) is 36.4 Å². The van der Waals surface area contributed by atoms with Crippen LogP contribution in [0.4, 0.5) is 13.2 Å². The Kier molecular flexibility index (Phi) is 5.67. The maximum atomic E-state index is 10.7. The maximum absolute atomic E-state index is 10.7. The quantitative estimate of drug-likeness (QED) is 0.357. The molecule has 0 aliphatic carbocycles. The van der Waals surface area contributed by atoms with Crippen LogP contribution in [0.2, 0.25) is 0 Å². The second-order valence-electron chi connectivity index (χ2n) is 5.18. The molecule has 1 aliphatic heterocycles. The molecule has 1 unspecified atom stereocenters. The van der Waals surface area contributed by atoms with E-state index in [-0.39, 0.29) is 0 Å². The molecule has 0 bridgehead atoms. The fourth-order valence-electron chi connectivity index (χ4n) is 2.49. The van der Waals surface area contributed by atoms with Crippen molar-refractivity contribution in [3.05, 3.63) is 42.0 Å². The summed E-state index contributed by atoms with van der Waals surface area (Å²) in [7, 11) is -6.09. The summed E-state index contributed by atoms with van der Waals surface area (Å²) in [6, 6.07) is 12.2. The van der Waals surface area contributed by atoms with Crippen molar-refractivity contribution >= 4 is 32.7 Å². The van der Waals surface area contributed by atoms with Gasteiger partial charge in [0.25, 0.3) is 0 Å². The molecule has 1 heterocycles. The monoisotopic (exact) mass is 380 g/mol. The molecule has 0 saturated carbocycles. The highest BCUT2D eigenvalue weighted by Crippen LogP contribution is 2.39. The second-order valence-corrected chi connectivity index (χ2v) is 7.99. The average Bonchev–Trinajstić information content (AvgIpc) is 2.99. The molecule has 2 aromatic carbocycles. The number of thiol groups is 1. The third-order valence-corrected chi connectivity index (χ3v) is 5.65. The number of hydrogen-bond donors (Lipinski definition) is 1. The molecule has 1 aliphatic rings. The minimum Gasteiger partial charge on any atom is -0.741 e. The highest BCUT2D eigenvalue weighted by Gasteiger charge is 2.37. The third kappa shape index (κ3) is 4.34. The molecular formula is C15H15F3O4S2. The predicted molar refractivity (Wildman–Crippen MR) is 87.0 cm³/mol. The summed E-state index contributed by atoms with van der Waals surface area (Å²) in [5.41, 5.74) is -4.48. The van der Waals surface area contributed by atoms with Crippen LogP contribution in [0.25, 0.3) is 10.8 Å². The summed E-state index contributed by atoms with van der Waals surface area (Å²) >= 11 is 1.47. The van der Waals surface area contributed by atoms with Gasteiger partial charge in [-0.05, 0) is 35.0 Å². The van der Waals surface area contributed by atoms with Crippen LogP contribution >= 0.6 is 0 Å². The molecule has 1 N–H and O–H groups in total. The number of benzene rings is 2. The summed E-state index contributed by atoms with van der Waals surface area (Å²) in [5.74, 6) is 1.74. The molecular weight excluding hydrogens is 365 g/mol. The molecule has 0 amide bonds. The fourth-order valence-corrected chi connectivity index (χ4v) is 3.99. The molecule has 4 nitrogen and oxygen atoms in total. The summed E-state index contributed by atoms with van der Waals surface area (Å²) in [4.78, 5) is 0. The normalized spacial score (nSPS) is 18.2. The van der Waals surface area contributed by atoms with Crippen LogP contribution in [0, 0.1) is 0 Å². The van der Waals surface area contributed by atoms with Gasteiger partial charge in [0.2, 0.25) is 0 Å². The first kappa shape index (κ1) is 18.9. The van der Waals surface area contributed by atoms with Gasteiger partial charge in [0.15, 0.2) is 10.1 Å². The number of rotatable bonds is 1. The van der Waals surface area contributed by atoms with Crippen LogP contribution in [0.1, 0.15) is 23.7 Å². The Morgan fingerprint density at radius 3 is 2.33 bits per heavy atom. The SMILES string of the molecule is O=S(=O)([O-])C(F)(F)F.Oc1ccc2ccccc2c1C1CCC[SH+]1. The van der Waals surface area contributed by atoms with Gasteiger partial charge in [-0.3, -0.25) is 0 Å². The van der Waals surface area contributed by atoms with E-state index >= 15 is 0 Å². The molecule has 132 valence electrons. The van der Waals surface area contributed by atoms with Gasteiger partial charge in [-0.2, -0.15) is 13.2 Å². The molecule has 1 fully saturated rings. The molecule has 3 rings (SSSR count). The highest BCUT2D eigenvalue weighted by atomic mass is 32.2. The van der Waals surface area contributed by atoms with E-state index in [9.17, 15) is 18.3 Å². The number of halogens is 3. The Labute approximate surface area is 141 Å². The molecule has 0 radical (unpaired) electrons. The van der Waals surface area contributed by atoms with E-state index in [1.54, 1.807) is 0 Å².